The number of halogens is 3. The van der Waals surface area contributed by atoms with Crippen molar-refractivity contribution >= 4 is 11.6 Å². The Morgan fingerprint density at radius 1 is 1.11 bits per heavy atom. The second kappa shape index (κ2) is 5.57. The fourth-order valence-electron chi connectivity index (χ4n) is 1.91. The van der Waals surface area contributed by atoms with Crippen LogP contribution in [0, 0.1) is 18.6 Å². The Balaban J connectivity index is 2.45. The van der Waals surface area contributed by atoms with E-state index < -0.39 is 5.38 Å². The van der Waals surface area contributed by atoms with Crippen LogP contribution in [0.5, 0.6) is 5.75 Å². The van der Waals surface area contributed by atoms with E-state index in [1.54, 1.807) is 19.1 Å². The van der Waals surface area contributed by atoms with Gasteiger partial charge in [0.1, 0.15) is 17.4 Å². The molecule has 0 aliphatic heterocycles. The maximum Gasteiger partial charge on any atom is 0.126 e. The zero-order valence-corrected chi connectivity index (χ0v) is 11.3. The Morgan fingerprint density at radius 2 is 1.84 bits per heavy atom. The standard InChI is InChI=1S/C15H13ClF2O/c1-9-7-10(3-5-13(9)18)15(16)12-8-11(17)4-6-14(12)19-2/h3-8,15H,1-2H3. The molecule has 2 rings (SSSR count). The second-order valence-corrected chi connectivity index (χ2v) is 4.69. The van der Waals surface area contributed by atoms with Gasteiger partial charge in [-0.3, -0.25) is 0 Å². The topological polar surface area (TPSA) is 9.23 Å². The number of alkyl halides is 1. The first-order valence-corrected chi connectivity index (χ1v) is 6.20. The van der Waals surface area contributed by atoms with Gasteiger partial charge in [0.2, 0.25) is 0 Å². The third-order valence-electron chi connectivity index (χ3n) is 2.94. The maximum absolute atomic E-state index is 13.3. The summed E-state index contributed by atoms with van der Waals surface area (Å²) < 4.78 is 31.7. The maximum atomic E-state index is 13.3. The number of rotatable bonds is 3. The molecule has 1 unspecified atom stereocenters. The molecule has 0 heterocycles. The summed E-state index contributed by atoms with van der Waals surface area (Å²) in [4.78, 5) is 0. The Bertz CT molecular complexity index is 599. The summed E-state index contributed by atoms with van der Waals surface area (Å²) in [5.41, 5.74) is 1.72. The van der Waals surface area contributed by atoms with Crippen LogP contribution in [0.1, 0.15) is 22.1 Å². The lowest BCUT2D eigenvalue weighted by Crippen LogP contribution is -1.99. The van der Waals surface area contributed by atoms with Crippen molar-refractivity contribution in [2.45, 2.75) is 12.3 Å². The Labute approximate surface area is 115 Å². The molecule has 0 N–H and O–H groups in total. The summed E-state index contributed by atoms with van der Waals surface area (Å²) in [7, 11) is 1.50. The van der Waals surface area contributed by atoms with Gasteiger partial charge in [-0.15, -0.1) is 11.6 Å². The molecule has 0 amide bonds. The van der Waals surface area contributed by atoms with Crippen LogP contribution in [0.2, 0.25) is 0 Å². The number of hydrogen-bond acceptors (Lipinski definition) is 1. The third-order valence-corrected chi connectivity index (χ3v) is 3.43. The Morgan fingerprint density at radius 3 is 2.47 bits per heavy atom. The monoisotopic (exact) mass is 282 g/mol. The largest absolute Gasteiger partial charge is 0.496 e. The van der Waals surface area contributed by atoms with Crippen molar-refractivity contribution in [2.24, 2.45) is 0 Å². The molecule has 0 saturated carbocycles. The Kier molecular flexibility index (Phi) is 4.05. The molecule has 0 aliphatic rings. The molecule has 19 heavy (non-hydrogen) atoms. The van der Waals surface area contributed by atoms with Crippen molar-refractivity contribution in [3.8, 4) is 5.75 Å². The zero-order valence-electron chi connectivity index (χ0n) is 10.6. The van der Waals surface area contributed by atoms with Crippen LogP contribution in [0.4, 0.5) is 8.78 Å². The second-order valence-electron chi connectivity index (χ2n) is 4.26. The van der Waals surface area contributed by atoms with Crippen molar-refractivity contribution in [3.63, 3.8) is 0 Å². The quantitative estimate of drug-likeness (QED) is 0.747. The lowest BCUT2D eigenvalue weighted by molar-refractivity contribution is 0.409. The van der Waals surface area contributed by atoms with Gasteiger partial charge < -0.3 is 4.74 Å². The van der Waals surface area contributed by atoms with Crippen molar-refractivity contribution in [3.05, 3.63) is 64.7 Å². The van der Waals surface area contributed by atoms with E-state index >= 15 is 0 Å². The van der Waals surface area contributed by atoms with Gasteiger partial charge in [-0.1, -0.05) is 12.1 Å². The predicted octanol–water partition coefficient (Wildman–Crippen LogP) is 4.61. The SMILES string of the molecule is COc1ccc(F)cc1C(Cl)c1ccc(F)c(C)c1. The van der Waals surface area contributed by atoms with E-state index in [0.717, 1.165) is 0 Å². The van der Waals surface area contributed by atoms with Gasteiger partial charge in [0.25, 0.3) is 0 Å². The minimum Gasteiger partial charge on any atom is -0.496 e. The number of hydrogen-bond donors (Lipinski definition) is 0. The first kappa shape index (κ1) is 13.8. The lowest BCUT2D eigenvalue weighted by atomic mass is 10.0. The lowest BCUT2D eigenvalue weighted by Gasteiger charge is -2.15. The van der Waals surface area contributed by atoms with Crippen LogP contribution in [0.3, 0.4) is 0 Å². The average Bonchev–Trinajstić information content (AvgIpc) is 2.41. The van der Waals surface area contributed by atoms with E-state index in [1.165, 1.54) is 31.4 Å². The molecule has 0 saturated heterocycles. The van der Waals surface area contributed by atoms with Crippen LogP contribution in [0.15, 0.2) is 36.4 Å². The van der Waals surface area contributed by atoms with E-state index in [1.807, 2.05) is 0 Å². The fraction of sp³-hybridized carbons (Fsp3) is 0.200. The highest BCUT2D eigenvalue weighted by Gasteiger charge is 2.17. The van der Waals surface area contributed by atoms with Crippen molar-refractivity contribution in [2.75, 3.05) is 7.11 Å². The van der Waals surface area contributed by atoms with Crippen LogP contribution >= 0.6 is 11.6 Å². The fourth-order valence-corrected chi connectivity index (χ4v) is 2.21. The molecule has 0 spiro atoms. The number of methoxy groups -OCH3 is 1. The van der Waals surface area contributed by atoms with Crippen molar-refractivity contribution < 1.29 is 13.5 Å². The van der Waals surface area contributed by atoms with E-state index in [4.69, 9.17) is 16.3 Å². The smallest absolute Gasteiger partial charge is 0.126 e. The molecule has 2 aromatic rings. The molecule has 100 valence electrons. The van der Waals surface area contributed by atoms with Crippen LogP contribution in [0.25, 0.3) is 0 Å². The van der Waals surface area contributed by atoms with E-state index in [9.17, 15) is 8.78 Å². The molecule has 0 aromatic heterocycles. The summed E-state index contributed by atoms with van der Waals surface area (Å²) in [5.74, 6) is -0.178. The zero-order chi connectivity index (χ0) is 14.0. The first-order valence-electron chi connectivity index (χ1n) is 5.76. The molecule has 2 aromatic carbocycles. The van der Waals surface area contributed by atoms with E-state index in [-0.39, 0.29) is 11.6 Å². The van der Waals surface area contributed by atoms with Gasteiger partial charge in [-0.25, -0.2) is 8.78 Å². The summed E-state index contributed by atoms with van der Waals surface area (Å²) >= 11 is 6.34. The molecule has 4 heteroatoms. The van der Waals surface area contributed by atoms with Gasteiger partial charge in [0, 0.05) is 5.56 Å². The number of ether oxygens (including phenoxy) is 1. The minimum atomic E-state index is -0.593. The normalized spacial score (nSPS) is 12.3. The van der Waals surface area contributed by atoms with Gasteiger partial charge in [0.05, 0.1) is 12.5 Å². The average molecular weight is 283 g/mol. The van der Waals surface area contributed by atoms with Crippen LogP contribution < -0.4 is 4.74 Å². The number of aryl methyl sites for hydroxylation is 1. The Hall–Kier alpha value is -1.61. The molecule has 0 fully saturated rings. The summed E-state index contributed by atoms with van der Waals surface area (Å²) in [5, 5.41) is -0.593. The summed E-state index contributed by atoms with van der Waals surface area (Å²) in [6.07, 6.45) is 0. The highest BCUT2D eigenvalue weighted by molar-refractivity contribution is 6.22. The van der Waals surface area contributed by atoms with Crippen LogP contribution in [-0.4, -0.2) is 7.11 Å². The first-order chi connectivity index (χ1) is 9.02. The molecule has 1 atom stereocenters. The number of benzene rings is 2. The highest BCUT2D eigenvalue weighted by atomic mass is 35.5. The van der Waals surface area contributed by atoms with Crippen molar-refractivity contribution in [1.82, 2.24) is 0 Å². The van der Waals surface area contributed by atoms with Gasteiger partial charge >= 0.3 is 0 Å². The van der Waals surface area contributed by atoms with Crippen molar-refractivity contribution in [1.29, 1.82) is 0 Å². The molecule has 0 bridgehead atoms. The van der Waals surface area contributed by atoms with Gasteiger partial charge in [-0.2, -0.15) is 0 Å². The van der Waals surface area contributed by atoms with Gasteiger partial charge in [-0.05, 0) is 42.3 Å². The molecule has 0 radical (unpaired) electrons. The van der Waals surface area contributed by atoms with E-state index in [0.29, 0.717) is 22.4 Å². The summed E-state index contributed by atoms with van der Waals surface area (Å²) in [6, 6.07) is 8.75. The molecular weight excluding hydrogens is 270 g/mol. The third kappa shape index (κ3) is 2.87. The van der Waals surface area contributed by atoms with E-state index in [2.05, 4.69) is 0 Å². The molecular formula is C15H13ClF2O. The van der Waals surface area contributed by atoms with Gasteiger partial charge in [0.15, 0.2) is 0 Å². The minimum absolute atomic E-state index is 0.293. The summed E-state index contributed by atoms with van der Waals surface area (Å²) in [6.45, 7) is 1.66. The molecule has 0 aliphatic carbocycles. The molecule has 1 nitrogen and oxygen atoms in total. The predicted molar refractivity (Wildman–Crippen MR) is 71.8 cm³/mol. The van der Waals surface area contributed by atoms with Crippen LogP contribution in [-0.2, 0) is 0 Å². The highest BCUT2D eigenvalue weighted by Crippen LogP contribution is 2.35.